The van der Waals surface area contributed by atoms with Crippen LogP contribution in [0, 0.1) is 0 Å². The molecule has 0 N–H and O–H groups in total. The summed E-state index contributed by atoms with van der Waals surface area (Å²) in [6, 6.07) is 11.4. The average Bonchev–Trinajstić information content (AvgIpc) is 3.18. The fourth-order valence-electron chi connectivity index (χ4n) is 3.06. The van der Waals surface area contributed by atoms with Crippen molar-refractivity contribution < 1.29 is 23.7 Å². The number of aldehydes is 1. The third-order valence-corrected chi connectivity index (χ3v) is 4.54. The summed E-state index contributed by atoms with van der Waals surface area (Å²) in [5.74, 6) is 2.77. The Balaban J connectivity index is 1.49. The van der Waals surface area contributed by atoms with E-state index in [-0.39, 0.29) is 0 Å². The molecule has 0 atom stereocenters. The number of rotatable bonds is 10. The van der Waals surface area contributed by atoms with E-state index in [9.17, 15) is 4.79 Å². The van der Waals surface area contributed by atoms with Gasteiger partial charge in [-0.25, -0.2) is 0 Å². The van der Waals surface area contributed by atoms with Crippen molar-refractivity contribution in [3.8, 4) is 23.0 Å². The summed E-state index contributed by atoms with van der Waals surface area (Å²) < 4.78 is 22.2. The Bertz CT molecular complexity index is 841. The Labute approximate surface area is 165 Å². The summed E-state index contributed by atoms with van der Waals surface area (Å²) in [6.07, 6.45) is 5.66. The lowest BCUT2D eigenvalue weighted by atomic mass is 10.0. The first kappa shape index (κ1) is 19.8. The van der Waals surface area contributed by atoms with Gasteiger partial charge in [-0.2, -0.15) is 0 Å². The molecule has 0 fully saturated rings. The van der Waals surface area contributed by atoms with Crippen molar-refractivity contribution in [3.05, 3.63) is 59.2 Å². The van der Waals surface area contributed by atoms with Gasteiger partial charge in [0.2, 0.25) is 6.79 Å². The average molecular weight is 382 g/mol. The summed E-state index contributed by atoms with van der Waals surface area (Å²) in [6.45, 7) is 5.35. The molecule has 1 aliphatic rings. The first-order valence-electron chi connectivity index (χ1n) is 9.59. The molecule has 2 aromatic rings. The van der Waals surface area contributed by atoms with Crippen LogP contribution in [0.4, 0.5) is 0 Å². The summed E-state index contributed by atoms with van der Waals surface area (Å²) in [5, 5.41) is 0. The maximum atomic E-state index is 11.3. The molecule has 1 aliphatic heterocycles. The zero-order chi connectivity index (χ0) is 19.8. The Kier molecular flexibility index (Phi) is 6.95. The molecule has 2 aromatic carbocycles. The third-order valence-electron chi connectivity index (χ3n) is 4.54. The molecule has 28 heavy (non-hydrogen) atoms. The van der Waals surface area contributed by atoms with Crippen LogP contribution in [-0.2, 0) is 6.42 Å². The highest BCUT2D eigenvalue weighted by Gasteiger charge is 2.13. The van der Waals surface area contributed by atoms with Gasteiger partial charge in [-0.1, -0.05) is 23.8 Å². The number of hydrogen-bond donors (Lipinski definition) is 0. The minimum atomic E-state index is 0.302. The summed E-state index contributed by atoms with van der Waals surface area (Å²) in [7, 11) is 0. The van der Waals surface area contributed by atoms with Gasteiger partial charge >= 0.3 is 0 Å². The van der Waals surface area contributed by atoms with E-state index < -0.39 is 0 Å². The van der Waals surface area contributed by atoms with Crippen LogP contribution in [0.3, 0.4) is 0 Å². The molecule has 0 aliphatic carbocycles. The van der Waals surface area contributed by atoms with Crippen LogP contribution in [0.25, 0.3) is 0 Å². The van der Waals surface area contributed by atoms with Crippen molar-refractivity contribution >= 4 is 6.29 Å². The second-order valence-corrected chi connectivity index (χ2v) is 6.60. The lowest BCUT2D eigenvalue weighted by Crippen LogP contribution is -2.03. The molecule has 3 rings (SSSR count). The quantitative estimate of drug-likeness (QED) is 0.330. The molecule has 0 radical (unpaired) electrons. The number of aryl methyl sites for hydroxylation is 1. The molecule has 0 spiro atoms. The Morgan fingerprint density at radius 3 is 2.82 bits per heavy atom. The maximum absolute atomic E-state index is 11.3. The number of benzene rings is 2. The van der Waals surface area contributed by atoms with Crippen LogP contribution in [0.5, 0.6) is 23.0 Å². The second-order valence-electron chi connectivity index (χ2n) is 6.60. The Morgan fingerprint density at radius 1 is 1.14 bits per heavy atom. The van der Waals surface area contributed by atoms with Crippen molar-refractivity contribution in [1.29, 1.82) is 0 Å². The van der Waals surface area contributed by atoms with E-state index in [0.29, 0.717) is 37.1 Å². The van der Waals surface area contributed by atoms with Crippen LogP contribution in [0.15, 0.2) is 48.0 Å². The number of para-hydroxylation sites is 1. The molecule has 148 valence electrons. The highest BCUT2D eigenvalue weighted by molar-refractivity contribution is 5.81. The summed E-state index contributed by atoms with van der Waals surface area (Å²) in [4.78, 5) is 11.3. The van der Waals surface area contributed by atoms with Gasteiger partial charge in [0, 0.05) is 0 Å². The molecule has 5 nitrogen and oxygen atoms in total. The van der Waals surface area contributed by atoms with Crippen LogP contribution in [-0.4, -0.2) is 26.3 Å². The molecule has 0 saturated heterocycles. The SMILES string of the molecule is CCOc1cccc(C=O)c1OCCC=C(C)CCc1ccc2c(c1)OCO2. The van der Waals surface area contributed by atoms with Gasteiger partial charge in [-0.3, -0.25) is 4.79 Å². The summed E-state index contributed by atoms with van der Waals surface area (Å²) >= 11 is 0. The zero-order valence-corrected chi connectivity index (χ0v) is 16.4. The predicted octanol–water partition coefficient (Wildman–Crippen LogP) is 4.97. The summed E-state index contributed by atoms with van der Waals surface area (Å²) in [5.41, 5.74) is 3.04. The third kappa shape index (κ3) is 5.06. The van der Waals surface area contributed by atoms with Gasteiger partial charge in [0.15, 0.2) is 29.3 Å². The normalized spacial score (nSPS) is 12.7. The number of allylic oxidation sites excluding steroid dienone is 1. The lowest BCUT2D eigenvalue weighted by molar-refractivity contribution is 0.111. The molecular formula is C23H26O5. The molecule has 0 unspecified atom stereocenters. The molecule has 0 bridgehead atoms. The molecule has 0 aromatic heterocycles. The lowest BCUT2D eigenvalue weighted by Gasteiger charge is -2.13. The van der Waals surface area contributed by atoms with Crippen LogP contribution < -0.4 is 18.9 Å². The monoisotopic (exact) mass is 382 g/mol. The van der Waals surface area contributed by atoms with Crippen LogP contribution >= 0.6 is 0 Å². The Morgan fingerprint density at radius 2 is 2.00 bits per heavy atom. The standard InChI is InChI=1S/C23H26O5/c1-3-25-21-8-4-7-19(15-24)23(21)26-13-5-6-17(2)9-10-18-11-12-20-22(14-18)28-16-27-20/h4,6-8,11-12,14-15H,3,5,9-10,13,16H2,1-2H3. The number of hydrogen-bond acceptors (Lipinski definition) is 5. The molecule has 0 amide bonds. The van der Waals surface area contributed by atoms with E-state index in [1.807, 2.05) is 25.1 Å². The first-order valence-corrected chi connectivity index (χ1v) is 9.59. The van der Waals surface area contributed by atoms with Gasteiger partial charge in [-0.05, 0) is 62.9 Å². The van der Waals surface area contributed by atoms with Gasteiger partial charge in [0.05, 0.1) is 18.8 Å². The number of carbonyl (C=O) groups is 1. The number of fused-ring (bicyclic) bond motifs is 1. The topological polar surface area (TPSA) is 54.0 Å². The van der Waals surface area contributed by atoms with Gasteiger partial charge in [0.1, 0.15) is 0 Å². The number of carbonyl (C=O) groups excluding carboxylic acids is 1. The minimum absolute atomic E-state index is 0.302. The maximum Gasteiger partial charge on any atom is 0.231 e. The zero-order valence-electron chi connectivity index (χ0n) is 16.4. The number of ether oxygens (including phenoxy) is 4. The largest absolute Gasteiger partial charge is 0.490 e. The van der Waals surface area contributed by atoms with E-state index in [4.69, 9.17) is 18.9 Å². The van der Waals surface area contributed by atoms with E-state index >= 15 is 0 Å². The van der Waals surface area contributed by atoms with Crippen molar-refractivity contribution in [2.24, 2.45) is 0 Å². The van der Waals surface area contributed by atoms with Crippen molar-refractivity contribution in [3.63, 3.8) is 0 Å². The van der Waals surface area contributed by atoms with Crippen molar-refractivity contribution in [1.82, 2.24) is 0 Å². The van der Waals surface area contributed by atoms with Crippen LogP contribution in [0.2, 0.25) is 0 Å². The van der Waals surface area contributed by atoms with E-state index in [0.717, 1.165) is 37.0 Å². The van der Waals surface area contributed by atoms with E-state index in [1.165, 1.54) is 11.1 Å². The van der Waals surface area contributed by atoms with Gasteiger partial charge in [-0.15, -0.1) is 0 Å². The predicted molar refractivity (Wildman–Crippen MR) is 108 cm³/mol. The highest BCUT2D eigenvalue weighted by atomic mass is 16.7. The fourth-order valence-corrected chi connectivity index (χ4v) is 3.06. The first-order chi connectivity index (χ1) is 13.7. The van der Waals surface area contributed by atoms with Crippen LogP contribution in [0.1, 0.15) is 42.6 Å². The van der Waals surface area contributed by atoms with Crippen molar-refractivity contribution in [2.45, 2.75) is 33.1 Å². The smallest absolute Gasteiger partial charge is 0.231 e. The molecular weight excluding hydrogens is 356 g/mol. The second kappa shape index (κ2) is 9.83. The fraction of sp³-hybridized carbons (Fsp3) is 0.348. The van der Waals surface area contributed by atoms with Gasteiger partial charge in [0.25, 0.3) is 0 Å². The van der Waals surface area contributed by atoms with Crippen molar-refractivity contribution in [2.75, 3.05) is 20.0 Å². The molecule has 1 heterocycles. The molecule has 0 saturated carbocycles. The molecule has 5 heteroatoms. The van der Waals surface area contributed by atoms with Gasteiger partial charge < -0.3 is 18.9 Å². The minimum Gasteiger partial charge on any atom is -0.490 e. The highest BCUT2D eigenvalue weighted by Crippen LogP contribution is 2.33. The van der Waals surface area contributed by atoms with E-state index in [2.05, 4.69) is 19.1 Å². The van der Waals surface area contributed by atoms with E-state index in [1.54, 1.807) is 12.1 Å². The Hall–Kier alpha value is -2.95.